The number of hydrogen-bond acceptors (Lipinski definition) is 4. The van der Waals surface area contributed by atoms with Crippen molar-refractivity contribution < 1.29 is 4.79 Å². The Morgan fingerprint density at radius 3 is 2.88 bits per heavy atom. The van der Waals surface area contributed by atoms with Crippen LogP contribution in [0.1, 0.15) is 37.9 Å². The highest BCUT2D eigenvalue weighted by Crippen LogP contribution is 2.24. The van der Waals surface area contributed by atoms with Crippen molar-refractivity contribution in [3.05, 3.63) is 16.1 Å². The van der Waals surface area contributed by atoms with E-state index in [1.165, 1.54) is 0 Å². The molecule has 4 heteroatoms. The molecule has 2 heterocycles. The second-order valence-electron chi connectivity index (χ2n) is 5.71. The van der Waals surface area contributed by atoms with Crippen molar-refractivity contribution >= 4 is 17.1 Å². The van der Waals surface area contributed by atoms with E-state index in [4.69, 9.17) is 0 Å². The fourth-order valence-corrected chi connectivity index (χ4v) is 2.99. The summed E-state index contributed by atoms with van der Waals surface area (Å²) in [7, 11) is 0. The lowest BCUT2D eigenvalue weighted by Gasteiger charge is -2.14. The molecule has 0 radical (unpaired) electrons. The highest BCUT2D eigenvalue weighted by molar-refractivity contribution is 7.09. The van der Waals surface area contributed by atoms with Gasteiger partial charge in [-0.25, -0.2) is 4.98 Å². The predicted molar refractivity (Wildman–Crippen MR) is 70.5 cm³/mol. The van der Waals surface area contributed by atoms with E-state index < -0.39 is 0 Å². The monoisotopic (exact) mass is 252 g/mol. The quantitative estimate of drug-likeness (QED) is 0.896. The number of thiazole rings is 1. The molecule has 1 atom stereocenters. The van der Waals surface area contributed by atoms with Crippen LogP contribution in [0.3, 0.4) is 0 Å². The van der Waals surface area contributed by atoms with E-state index in [0.29, 0.717) is 12.2 Å². The molecule has 0 aromatic carbocycles. The molecule has 0 spiro atoms. The lowest BCUT2D eigenvalue weighted by Crippen LogP contribution is -2.19. The normalized spacial score (nSPS) is 20.8. The van der Waals surface area contributed by atoms with Crippen LogP contribution in [0.5, 0.6) is 0 Å². The molecule has 0 aliphatic carbocycles. The predicted octanol–water partition coefficient (Wildman–Crippen LogP) is 2.16. The summed E-state index contributed by atoms with van der Waals surface area (Å²) in [5.41, 5.74) is 1.17. The Morgan fingerprint density at radius 2 is 2.35 bits per heavy atom. The molecule has 2 rings (SSSR count). The zero-order chi connectivity index (χ0) is 12.5. The Hall–Kier alpha value is -0.740. The maximum Gasteiger partial charge on any atom is 0.144 e. The first-order valence-corrected chi connectivity index (χ1v) is 7.03. The first kappa shape index (κ1) is 12.7. The van der Waals surface area contributed by atoms with Crippen molar-refractivity contribution in [1.29, 1.82) is 0 Å². The Balaban J connectivity index is 1.99. The van der Waals surface area contributed by atoms with Crippen LogP contribution in [0, 0.1) is 5.92 Å². The van der Waals surface area contributed by atoms with Crippen molar-refractivity contribution in [2.45, 2.75) is 39.0 Å². The molecule has 1 aliphatic rings. The Labute approximate surface area is 107 Å². The highest BCUT2D eigenvalue weighted by Gasteiger charge is 2.24. The van der Waals surface area contributed by atoms with Gasteiger partial charge in [-0.2, -0.15) is 0 Å². The molecule has 1 aromatic heterocycles. The van der Waals surface area contributed by atoms with Crippen LogP contribution in [0.25, 0.3) is 0 Å². The minimum Gasteiger partial charge on any atom is -0.316 e. The maximum absolute atomic E-state index is 12.0. The summed E-state index contributed by atoms with van der Waals surface area (Å²) in [5.74, 6) is 0.543. The van der Waals surface area contributed by atoms with Crippen LogP contribution in [0.4, 0.5) is 0 Å². The molecular weight excluding hydrogens is 232 g/mol. The van der Waals surface area contributed by atoms with Gasteiger partial charge in [-0.05, 0) is 13.0 Å². The van der Waals surface area contributed by atoms with Crippen molar-refractivity contribution in [2.24, 2.45) is 5.92 Å². The molecule has 3 nitrogen and oxygen atoms in total. The fraction of sp³-hybridized carbons (Fsp3) is 0.692. The summed E-state index contributed by atoms with van der Waals surface area (Å²) in [4.78, 5) is 16.6. The maximum atomic E-state index is 12.0. The van der Waals surface area contributed by atoms with Crippen LogP contribution in [0.2, 0.25) is 0 Å². The number of Topliss-reactive ketones (excluding diaryl/α,β-unsaturated/α-hetero) is 1. The molecule has 1 aromatic rings. The highest BCUT2D eigenvalue weighted by atomic mass is 32.1. The summed E-state index contributed by atoms with van der Waals surface area (Å²) in [5, 5.41) is 6.27. The smallest absolute Gasteiger partial charge is 0.144 e. The van der Waals surface area contributed by atoms with Gasteiger partial charge in [0.25, 0.3) is 0 Å². The topological polar surface area (TPSA) is 42.0 Å². The van der Waals surface area contributed by atoms with Gasteiger partial charge >= 0.3 is 0 Å². The zero-order valence-corrected chi connectivity index (χ0v) is 11.6. The minimum absolute atomic E-state index is 0.0761. The van der Waals surface area contributed by atoms with E-state index in [0.717, 1.165) is 30.2 Å². The van der Waals surface area contributed by atoms with Crippen LogP contribution < -0.4 is 5.32 Å². The van der Waals surface area contributed by atoms with Crippen LogP contribution >= 0.6 is 11.3 Å². The summed E-state index contributed by atoms with van der Waals surface area (Å²) in [6.07, 6.45) is 1.49. The summed E-state index contributed by atoms with van der Waals surface area (Å²) >= 11 is 1.61. The molecule has 1 aliphatic heterocycles. The van der Waals surface area contributed by atoms with E-state index in [1.54, 1.807) is 11.3 Å². The van der Waals surface area contributed by atoms with Crippen molar-refractivity contribution in [3.8, 4) is 0 Å². The molecule has 1 fully saturated rings. The molecule has 1 N–H and O–H groups in total. The molecule has 0 saturated carbocycles. The first-order valence-electron chi connectivity index (χ1n) is 6.15. The lowest BCUT2D eigenvalue weighted by molar-refractivity contribution is -0.121. The molecule has 1 unspecified atom stereocenters. The van der Waals surface area contributed by atoms with E-state index >= 15 is 0 Å². The fourth-order valence-electron chi connectivity index (χ4n) is 1.96. The third-order valence-corrected chi connectivity index (χ3v) is 4.01. The van der Waals surface area contributed by atoms with Gasteiger partial charge in [-0.1, -0.05) is 20.8 Å². The molecule has 0 bridgehead atoms. The zero-order valence-electron chi connectivity index (χ0n) is 10.7. The standard InChI is InChI=1S/C13H20N2OS/c1-13(2,3)11-8-17-12(15-11)6-10(16)9-4-5-14-7-9/h8-9,14H,4-7H2,1-3H3. The van der Waals surface area contributed by atoms with E-state index in [9.17, 15) is 4.79 Å². The first-order chi connectivity index (χ1) is 7.97. The van der Waals surface area contributed by atoms with Gasteiger partial charge in [0.15, 0.2) is 0 Å². The number of nitrogens with one attached hydrogen (secondary N) is 1. The average molecular weight is 252 g/mol. The van der Waals surface area contributed by atoms with Gasteiger partial charge in [0.1, 0.15) is 10.8 Å². The van der Waals surface area contributed by atoms with Crippen LogP contribution in [-0.2, 0) is 16.6 Å². The average Bonchev–Trinajstić information content (AvgIpc) is 2.85. The third kappa shape index (κ3) is 3.13. The van der Waals surface area contributed by atoms with Crippen molar-refractivity contribution in [3.63, 3.8) is 0 Å². The second kappa shape index (κ2) is 4.86. The number of carbonyl (C=O) groups excluding carboxylic acids is 1. The minimum atomic E-state index is 0.0761. The van der Waals surface area contributed by atoms with Gasteiger partial charge in [0, 0.05) is 23.3 Å². The van der Waals surface area contributed by atoms with E-state index in [1.807, 2.05) is 0 Å². The second-order valence-corrected chi connectivity index (χ2v) is 6.65. The SMILES string of the molecule is CC(C)(C)c1csc(CC(=O)C2CCNC2)n1. The molecular formula is C13H20N2OS. The lowest BCUT2D eigenvalue weighted by atomic mass is 9.93. The van der Waals surface area contributed by atoms with Crippen molar-refractivity contribution in [1.82, 2.24) is 10.3 Å². The summed E-state index contributed by atoms with van der Waals surface area (Å²) in [6.45, 7) is 8.26. The van der Waals surface area contributed by atoms with E-state index in [-0.39, 0.29) is 11.3 Å². The van der Waals surface area contributed by atoms with E-state index in [2.05, 4.69) is 36.5 Å². The Morgan fingerprint density at radius 1 is 1.59 bits per heavy atom. The summed E-state index contributed by atoms with van der Waals surface area (Å²) < 4.78 is 0. The molecule has 17 heavy (non-hydrogen) atoms. The van der Waals surface area contributed by atoms with Crippen LogP contribution in [-0.4, -0.2) is 23.9 Å². The Bertz CT molecular complexity index is 400. The van der Waals surface area contributed by atoms with Gasteiger partial charge in [0.2, 0.25) is 0 Å². The van der Waals surface area contributed by atoms with Gasteiger partial charge in [-0.3, -0.25) is 4.79 Å². The van der Waals surface area contributed by atoms with Crippen molar-refractivity contribution in [2.75, 3.05) is 13.1 Å². The number of nitrogens with zero attached hydrogens (tertiary/aromatic N) is 1. The largest absolute Gasteiger partial charge is 0.316 e. The molecule has 0 amide bonds. The van der Waals surface area contributed by atoms with Gasteiger partial charge in [-0.15, -0.1) is 11.3 Å². The van der Waals surface area contributed by atoms with Crippen LogP contribution in [0.15, 0.2) is 5.38 Å². The molecule has 1 saturated heterocycles. The van der Waals surface area contributed by atoms with Gasteiger partial charge in [0.05, 0.1) is 12.1 Å². The number of carbonyl (C=O) groups is 1. The third-order valence-electron chi connectivity index (χ3n) is 3.16. The molecule has 94 valence electrons. The number of aromatic nitrogens is 1. The number of rotatable bonds is 3. The number of hydrogen-bond donors (Lipinski definition) is 1. The Kier molecular flexibility index (Phi) is 3.64. The van der Waals surface area contributed by atoms with Gasteiger partial charge < -0.3 is 5.32 Å². The number of ketones is 1. The summed E-state index contributed by atoms with van der Waals surface area (Å²) in [6, 6.07) is 0.